The number of hydrogen-bond donors (Lipinski definition) is 1. The van der Waals surface area contributed by atoms with E-state index in [2.05, 4.69) is 74.5 Å². The van der Waals surface area contributed by atoms with Crippen molar-refractivity contribution < 1.29 is 5.11 Å². The summed E-state index contributed by atoms with van der Waals surface area (Å²) < 4.78 is 0. The number of aliphatic hydroxyl groups excluding tert-OH is 1. The maximum absolute atomic E-state index is 10.5. The van der Waals surface area contributed by atoms with Gasteiger partial charge in [-0.15, -0.1) is 0 Å². The lowest BCUT2D eigenvalue weighted by Gasteiger charge is -2.61. The standard InChI is InChI=1S/C21H22O/c1-19(2)20(14-9-5-3-6-10-14)16-13-17(22)18(16)21(19,20)15-11-7-4-8-12-15/h3-12,16-18,22H,13H2,1-2H3/t16-,17+,18+,20+,21-/m1/s1. The Balaban J connectivity index is 1.76. The molecule has 5 atom stereocenters. The highest BCUT2D eigenvalue weighted by Crippen LogP contribution is 2.96. The topological polar surface area (TPSA) is 20.2 Å². The number of benzene rings is 2. The lowest BCUT2D eigenvalue weighted by Crippen LogP contribution is -2.64. The Kier molecular flexibility index (Phi) is 2.14. The van der Waals surface area contributed by atoms with Crippen LogP contribution < -0.4 is 0 Å². The van der Waals surface area contributed by atoms with Crippen molar-refractivity contribution in [2.45, 2.75) is 37.2 Å². The Bertz CT molecular complexity index is 735. The molecule has 0 spiro atoms. The molecule has 0 unspecified atom stereocenters. The van der Waals surface area contributed by atoms with E-state index in [0.717, 1.165) is 6.42 Å². The van der Waals surface area contributed by atoms with E-state index in [1.54, 1.807) is 0 Å². The molecule has 1 N–H and O–H groups in total. The second kappa shape index (κ2) is 3.65. The van der Waals surface area contributed by atoms with Gasteiger partial charge in [-0.25, -0.2) is 0 Å². The third-order valence-electron chi connectivity index (χ3n) is 7.39. The molecule has 3 fully saturated rings. The number of rotatable bonds is 2. The lowest BCUT2D eigenvalue weighted by molar-refractivity contribution is -0.133. The Hall–Kier alpha value is -1.60. The van der Waals surface area contributed by atoms with Crippen LogP contribution in [-0.4, -0.2) is 11.2 Å². The molecular weight excluding hydrogens is 268 g/mol. The molecule has 0 aliphatic heterocycles. The van der Waals surface area contributed by atoms with Crippen molar-refractivity contribution >= 4 is 0 Å². The van der Waals surface area contributed by atoms with Crippen LogP contribution in [0.5, 0.6) is 0 Å². The first kappa shape index (κ1) is 12.9. The molecule has 3 aliphatic rings. The minimum absolute atomic E-state index is 0.116. The zero-order valence-corrected chi connectivity index (χ0v) is 13.2. The fourth-order valence-electron chi connectivity index (χ4n) is 6.93. The Morgan fingerprint density at radius 3 is 1.82 bits per heavy atom. The van der Waals surface area contributed by atoms with Gasteiger partial charge in [0.15, 0.2) is 0 Å². The normalized spacial score (nSPS) is 43.3. The van der Waals surface area contributed by atoms with Gasteiger partial charge in [-0.05, 0) is 34.8 Å². The Morgan fingerprint density at radius 2 is 1.32 bits per heavy atom. The van der Waals surface area contributed by atoms with Crippen LogP contribution in [0.4, 0.5) is 0 Å². The van der Waals surface area contributed by atoms with E-state index in [1.807, 2.05) is 0 Å². The lowest BCUT2D eigenvalue weighted by atomic mass is 9.43. The van der Waals surface area contributed by atoms with Crippen molar-refractivity contribution in [1.82, 2.24) is 0 Å². The van der Waals surface area contributed by atoms with Crippen LogP contribution in [-0.2, 0) is 10.8 Å². The summed E-state index contributed by atoms with van der Waals surface area (Å²) in [6, 6.07) is 22.0. The number of aliphatic hydroxyl groups is 1. The van der Waals surface area contributed by atoms with E-state index in [4.69, 9.17) is 0 Å². The van der Waals surface area contributed by atoms with E-state index >= 15 is 0 Å². The summed E-state index contributed by atoms with van der Waals surface area (Å²) in [5.41, 5.74) is 3.42. The predicted octanol–water partition coefficient (Wildman–Crippen LogP) is 3.91. The molecule has 5 rings (SSSR count). The third kappa shape index (κ3) is 0.980. The number of fused-ring (bicyclic) bond motifs is 4. The summed E-state index contributed by atoms with van der Waals surface area (Å²) in [4.78, 5) is 0. The maximum atomic E-state index is 10.5. The van der Waals surface area contributed by atoms with E-state index in [-0.39, 0.29) is 22.3 Å². The molecule has 112 valence electrons. The molecule has 3 saturated carbocycles. The second-order valence-electron chi connectivity index (χ2n) is 7.91. The molecule has 0 saturated heterocycles. The van der Waals surface area contributed by atoms with Gasteiger partial charge in [0.05, 0.1) is 6.10 Å². The highest BCUT2D eigenvalue weighted by atomic mass is 16.3. The molecule has 22 heavy (non-hydrogen) atoms. The second-order valence-corrected chi connectivity index (χ2v) is 7.91. The zero-order chi connectivity index (χ0) is 15.2. The summed E-state index contributed by atoms with van der Waals surface area (Å²) in [6.07, 6.45) is 0.848. The van der Waals surface area contributed by atoms with Gasteiger partial charge in [0, 0.05) is 10.8 Å². The van der Waals surface area contributed by atoms with Crippen molar-refractivity contribution in [2.75, 3.05) is 0 Å². The van der Waals surface area contributed by atoms with Crippen molar-refractivity contribution in [3.63, 3.8) is 0 Å². The van der Waals surface area contributed by atoms with Gasteiger partial charge < -0.3 is 5.11 Å². The summed E-state index contributed by atoms with van der Waals surface area (Å²) in [5.74, 6) is 1.07. The van der Waals surface area contributed by atoms with Crippen LogP contribution in [0.2, 0.25) is 0 Å². The molecule has 1 nitrogen and oxygen atoms in total. The fourth-order valence-corrected chi connectivity index (χ4v) is 6.93. The minimum Gasteiger partial charge on any atom is -0.393 e. The summed E-state index contributed by atoms with van der Waals surface area (Å²) in [7, 11) is 0. The average Bonchev–Trinajstić information content (AvgIpc) is 2.91. The van der Waals surface area contributed by atoms with Crippen LogP contribution in [0.1, 0.15) is 31.4 Å². The molecule has 2 aromatic rings. The molecule has 0 heterocycles. The molecular formula is C21H22O. The van der Waals surface area contributed by atoms with Gasteiger partial charge in [0.25, 0.3) is 0 Å². The van der Waals surface area contributed by atoms with Crippen LogP contribution in [0, 0.1) is 17.3 Å². The van der Waals surface area contributed by atoms with E-state index in [9.17, 15) is 5.11 Å². The monoisotopic (exact) mass is 290 g/mol. The van der Waals surface area contributed by atoms with Crippen molar-refractivity contribution in [3.8, 4) is 0 Å². The molecule has 0 bridgehead atoms. The van der Waals surface area contributed by atoms with Gasteiger partial charge >= 0.3 is 0 Å². The average molecular weight is 290 g/mol. The smallest absolute Gasteiger partial charge is 0.0583 e. The third-order valence-corrected chi connectivity index (χ3v) is 7.39. The first-order chi connectivity index (χ1) is 10.6. The molecule has 1 heteroatoms. The van der Waals surface area contributed by atoms with E-state index < -0.39 is 0 Å². The van der Waals surface area contributed by atoms with Crippen LogP contribution in [0.3, 0.4) is 0 Å². The predicted molar refractivity (Wildman–Crippen MR) is 87.6 cm³/mol. The van der Waals surface area contributed by atoms with Crippen LogP contribution in [0.15, 0.2) is 60.7 Å². The first-order valence-corrected chi connectivity index (χ1v) is 8.39. The van der Waals surface area contributed by atoms with Gasteiger partial charge in [-0.3, -0.25) is 0 Å². The molecule has 0 amide bonds. The highest BCUT2D eigenvalue weighted by molar-refractivity contribution is 5.65. The first-order valence-electron chi connectivity index (χ1n) is 8.39. The minimum atomic E-state index is -0.121. The van der Waals surface area contributed by atoms with Crippen LogP contribution >= 0.6 is 0 Å². The van der Waals surface area contributed by atoms with Crippen molar-refractivity contribution in [2.24, 2.45) is 17.3 Å². The van der Waals surface area contributed by atoms with Crippen molar-refractivity contribution in [3.05, 3.63) is 71.8 Å². The molecule has 3 aliphatic carbocycles. The zero-order valence-electron chi connectivity index (χ0n) is 13.2. The highest BCUT2D eigenvalue weighted by Gasteiger charge is 2.98. The van der Waals surface area contributed by atoms with Crippen molar-refractivity contribution in [1.29, 1.82) is 0 Å². The molecule has 2 aromatic carbocycles. The molecule has 0 aromatic heterocycles. The quantitative estimate of drug-likeness (QED) is 0.889. The SMILES string of the molecule is CC1(C)[C@]2(c3ccccc3)[C@@H]3C[C@H](O)[C@H]3[C@]12c1ccccc1. The van der Waals surface area contributed by atoms with E-state index in [0.29, 0.717) is 11.8 Å². The van der Waals surface area contributed by atoms with Crippen LogP contribution in [0.25, 0.3) is 0 Å². The summed E-state index contributed by atoms with van der Waals surface area (Å²) >= 11 is 0. The fraction of sp³-hybridized carbons (Fsp3) is 0.429. The van der Waals surface area contributed by atoms with Gasteiger partial charge in [0.2, 0.25) is 0 Å². The molecule has 0 radical (unpaired) electrons. The summed E-state index contributed by atoms with van der Waals surface area (Å²) in [6.45, 7) is 4.83. The largest absolute Gasteiger partial charge is 0.393 e. The number of hydrogen-bond acceptors (Lipinski definition) is 1. The van der Waals surface area contributed by atoms with Gasteiger partial charge in [-0.1, -0.05) is 74.5 Å². The maximum Gasteiger partial charge on any atom is 0.0583 e. The van der Waals surface area contributed by atoms with Gasteiger partial charge in [0.1, 0.15) is 0 Å². The van der Waals surface area contributed by atoms with Gasteiger partial charge in [-0.2, -0.15) is 0 Å². The van der Waals surface area contributed by atoms with E-state index in [1.165, 1.54) is 11.1 Å². The Labute approximate surface area is 132 Å². The summed E-state index contributed by atoms with van der Waals surface area (Å²) in [5, 5.41) is 10.5. The Morgan fingerprint density at radius 1 is 0.818 bits per heavy atom.